The highest BCUT2D eigenvalue weighted by molar-refractivity contribution is 7.92. The number of hydrogen-bond donors (Lipinski definition) is 0. The summed E-state index contributed by atoms with van der Waals surface area (Å²) in [7, 11) is -2.37. The van der Waals surface area contributed by atoms with Gasteiger partial charge in [0.05, 0.1) is 24.2 Å². The van der Waals surface area contributed by atoms with Gasteiger partial charge in [0, 0.05) is 5.56 Å². The van der Waals surface area contributed by atoms with Crippen LogP contribution in [-0.2, 0) is 16.6 Å². The number of benzene rings is 3. The van der Waals surface area contributed by atoms with Gasteiger partial charge in [0.25, 0.3) is 10.0 Å². The molecular formula is C21H20FNO3S. The Labute approximate surface area is 158 Å². The van der Waals surface area contributed by atoms with Gasteiger partial charge in [-0.2, -0.15) is 0 Å². The third-order valence-electron chi connectivity index (χ3n) is 4.21. The molecule has 0 aliphatic carbocycles. The van der Waals surface area contributed by atoms with Crippen LogP contribution >= 0.6 is 0 Å². The van der Waals surface area contributed by atoms with Gasteiger partial charge < -0.3 is 4.74 Å². The molecule has 3 rings (SSSR count). The number of halogens is 1. The molecule has 0 saturated carbocycles. The highest BCUT2D eigenvalue weighted by atomic mass is 32.2. The van der Waals surface area contributed by atoms with Crippen molar-refractivity contribution in [1.29, 1.82) is 0 Å². The fourth-order valence-electron chi connectivity index (χ4n) is 2.77. The van der Waals surface area contributed by atoms with Gasteiger partial charge in [0.2, 0.25) is 0 Å². The molecule has 0 amide bonds. The molecule has 4 nitrogen and oxygen atoms in total. The van der Waals surface area contributed by atoms with E-state index in [1.807, 2.05) is 13.0 Å². The zero-order valence-corrected chi connectivity index (χ0v) is 15.9. The molecule has 0 radical (unpaired) electrons. The monoisotopic (exact) mass is 385 g/mol. The summed E-state index contributed by atoms with van der Waals surface area (Å²) in [4.78, 5) is 0.146. The molecule has 3 aromatic rings. The lowest BCUT2D eigenvalue weighted by Crippen LogP contribution is -2.30. The number of nitrogens with zero attached hydrogens (tertiary/aromatic N) is 1. The number of para-hydroxylation sites is 1. The highest BCUT2D eigenvalue weighted by Gasteiger charge is 2.26. The molecule has 0 aromatic heterocycles. The molecule has 0 spiro atoms. The molecule has 0 bridgehead atoms. The van der Waals surface area contributed by atoms with Crippen LogP contribution in [0.15, 0.2) is 77.7 Å². The number of anilines is 1. The highest BCUT2D eigenvalue weighted by Crippen LogP contribution is 2.29. The summed E-state index contributed by atoms with van der Waals surface area (Å²) in [6.07, 6.45) is 0. The van der Waals surface area contributed by atoms with Gasteiger partial charge in [-0.1, -0.05) is 42.0 Å². The molecule has 0 heterocycles. The van der Waals surface area contributed by atoms with Gasteiger partial charge in [-0.3, -0.25) is 4.31 Å². The summed E-state index contributed by atoms with van der Waals surface area (Å²) in [5.74, 6) is 0.0645. The van der Waals surface area contributed by atoms with Crippen molar-refractivity contribution in [3.8, 4) is 5.75 Å². The van der Waals surface area contributed by atoms with Crippen molar-refractivity contribution in [2.45, 2.75) is 18.4 Å². The van der Waals surface area contributed by atoms with E-state index in [0.717, 1.165) is 5.56 Å². The molecule has 0 N–H and O–H groups in total. The zero-order chi connectivity index (χ0) is 19.4. The maximum absolute atomic E-state index is 13.8. The average molecular weight is 385 g/mol. The van der Waals surface area contributed by atoms with Crippen molar-refractivity contribution in [1.82, 2.24) is 0 Å². The Kier molecular flexibility index (Phi) is 5.46. The lowest BCUT2D eigenvalue weighted by Gasteiger charge is -2.25. The molecule has 0 aliphatic rings. The van der Waals surface area contributed by atoms with E-state index >= 15 is 0 Å². The Morgan fingerprint density at radius 3 is 2.33 bits per heavy atom. The molecule has 0 unspecified atom stereocenters. The predicted molar refractivity (Wildman–Crippen MR) is 104 cm³/mol. The minimum absolute atomic E-state index is 0.0175. The van der Waals surface area contributed by atoms with Crippen molar-refractivity contribution < 1.29 is 17.5 Å². The Hall–Kier alpha value is -2.86. The third-order valence-corrected chi connectivity index (χ3v) is 6.00. The molecule has 0 fully saturated rings. The van der Waals surface area contributed by atoms with E-state index < -0.39 is 15.8 Å². The number of sulfonamides is 1. The van der Waals surface area contributed by atoms with Crippen LogP contribution in [-0.4, -0.2) is 15.5 Å². The average Bonchev–Trinajstić information content (AvgIpc) is 2.66. The molecule has 0 aliphatic heterocycles. The minimum Gasteiger partial charge on any atom is -0.496 e. The van der Waals surface area contributed by atoms with Crippen molar-refractivity contribution >= 4 is 15.7 Å². The normalized spacial score (nSPS) is 11.2. The standard InChI is InChI=1S/C21H20FNO3S/c1-16-10-12-20(13-11-16)27(24,25)23(19-8-5-7-18(22)14-19)15-17-6-3-4-9-21(17)26-2/h3-14H,15H2,1-2H3. The maximum atomic E-state index is 13.8. The predicted octanol–water partition coefficient (Wildman–Crippen LogP) is 4.54. The van der Waals surface area contributed by atoms with Crippen molar-refractivity contribution in [2.75, 3.05) is 11.4 Å². The molecular weight excluding hydrogens is 365 g/mol. The smallest absolute Gasteiger partial charge is 0.264 e. The fourth-order valence-corrected chi connectivity index (χ4v) is 4.21. The zero-order valence-electron chi connectivity index (χ0n) is 15.1. The van der Waals surface area contributed by atoms with E-state index in [-0.39, 0.29) is 17.1 Å². The number of aryl methyl sites for hydroxylation is 1. The minimum atomic E-state index is -3.90. The van der Waals surface area contributed by atoms with E-state index in [4.69, 9.17) is 4.74 Å². The second kappa shape index (κ2) is 7.80. The van der Waals surface area contributed by atoms with Crippen LogP contribution in [0.1, 0.15) is 11.1 Å². The first-order valence-electron chi connectivity index (χ1n) is 8.38. The van der Waals surface area contributed by atoms with Crippen LogP contribution in [0.3, 0.4) is 0 Å². The van der Waals surface area contributed by atoms with E-state index in [9.17, 15) is 12.8 Å². The first-order valence-corrected chi connectivity index (χ1v) is 9.82. The largest absolute Gasteiger partial charge is 0.496 e. The van der Waals surface area contributed by atoms with Gasteiger partial charge in [0.15, 0.2) is 0 Å². The summed E-state index contributed by atoms with van der Waals surface area (Å²) in [6.45, 7) is 1.90. The maximum Gasteiger partial charge on any atom is 0.264 e. The Morgan fingerprint density at radius 2 is 1.67 bits per heavy atom. The molecule has 0 saturated heterocycles. The van der Waals surface area contributed by atoms with Gasteiger partial charge in [-0.15, -0.1) is 0 Å². The topological polar surface area (TPSA) is 46.6 Å². The van der Waals surface area contributed by atoms with Crippen molar-refractivity contribution in [2.24, 2.45) is 0 Å². The molecule has 3 aromatic carbocycles. The van der Waals surface area contributed by atoms with Crippen LogP contribution < -0.4 is 9.04 Å². The molecule has 6 heteroatoms. The quantitative estimate of drug-likeness (QED) is 0.626. The van der Waals surface area contributed by atoms with E-state index in [1.165, 1.54) is 29.6 Å². The van der Waals surface area contributed by atoms with Gasteiger partial charge in [0.1, 0.15) is 11.6 Å². The Bertz CT molecular complexity index is 1030. The Morgan fingerprint density at radius 1 is 0.963 bits per heavy atom. The Balaban J connectivity index is 2.11. The van der Waals surface area contributed by atoms with Crippen LogP contribution in [0, 0.1) is 12.7 Å². The fraction of sp³-hybridized carbons (Fsp3) is 0.143. The van der Waals surface area contributed by atoms with E-state index in [0.29, 0.717) is 11.3 Å². The van der Waals surface area contributed by atoms with Crippen molar-refractivity contribution in [3.05, 3.63) is 89.7 Å². The van der Waals surface area contributed by atoms with Gasteiger partial charge in [-0.25, -0.2) is 12.8 Å². The first kappa shape index (κ1) is 18.9. The number of hydrogen-bond acceptors (Lipinski definition) is 3. The molecule has 140 valence electrons. The first-order chi connectivity index (χ1) is 12.9. The van der Waals surface area contributed by atoms with Crippen molar-refractivity contribution in [3.63, 3.8) is 0 Å². The number of methoxy groups -OCH3 is 1. The summed E-state index contributed by atoms with van der Waals surface area (Å²) in [6, 6.07) is 19.3. The van der Waals surface area contributed by atoms with E-state index in [1.54, 1.807) is 48.5 Å². The number of rotatable bonds is 6. The second-order valence-electron chi connectivity index (χ2n) is 6.12. The van der Waals surface area contributed by atoms with Crippen LogP contribution in [0.2, 0.25) is 0 Å². The van der Waals surface area contributed by atoms with Gasteiger partial charge >= 0.3 is 0 Å². The van der Waals surface area contributed by atoms with E-state index in [2.05, 4.69) is 0 Å². The van der Waals surface area contributed by atoms with Crippen LogP contribution in [0.4, 0.5) is 10.1 Å². The summed E-state index contributed by atoms with van der Waals surface area (Å²) in [5, 5.41) is 0. The summed E-state index contributed by atoms with van der Waals surface area (Å²) < 4.78 is 47.0. The summed E-state index contributed by atoms with van der Waals surface area (Å²) in [5.41, 5.74) is 1.89. The summed E-state index contributed by atoms with van der Waals surface area (Å²) >= 11 is 0. The van der Waals surface area contributed by atoms with Crippen LogP contribution in [0.5, 0.6) is 5.75 Å². The SMILES string of the molecule is COc1ccccc1CN(c1cccc(F)c1)S(=O)(=O)c1ccc(C)cc1. The third kappa shape index (κ3) is 4.11. The molecule has 0 atom stereocenters. The second-order valence-corrected chi connectivity index (χ2v) is 7.98. The lowest BCUT2D eigenvalue weighted by atomic mass is 10.2. The van der Waals surface area contributed by atoms with Gasteiger partial charge in [-0.05, 0) is 43.3 Å². The molecule has 27 heavy (non-hydrogen) atoms. The number of ether oxygens (including phenoxy) is 1. The lowest BCUT2D eigenvalue weighted by molar-refractivity contribution is 0.410. The van der Waals surface area contributed by atoms with Crippen LogP contribution in [0.25, 0.3) is 0 Å².